The van der Waals surface area contributed by atoms with Crippen molar-refractivity contribution in [2.24, 2.45) is 17.8 Å². The number of hydrogen-bond acceptors (Lipinski definition) is 1. The maximum absolute atomic E-state index is 14.0. The zero-order chi connectivity index (χ0) is 14.6. The summed E-state index contributed by atoms with van der Waals surface area (Å²) < 4.78 is 14.0. The minimum absolute atomic E-state index is 0.167. The number of rotatable bonds is 4. The van der Waals surface area contributed by atoms with Gasteiger partial charge in [0.1, 0.15) is 5.82 Å². The molecule has 3 aliphatic rings. The molecule has 4 heteroatoms. The Labute approximate surface area is 129 Å². The van der Waals surface area contributed by atoms with Crippen LogP contribution in [0, 0.1) is 23.6 Å². The third kappa shape index (κ3) is 2.57. The Morgan fingerprint density at radius 1 is 1.24 bits per heavy atom. The average molecular weight is 308 g/mol. The van der Waals surface area contributed by atoms with Crippen LogP contribution < -0.4 is 0 Å². The van der Waals surface area contributed by atoms with Crippen LogP contribution in [-0.4, -0.2) is 16.8 Å². The molecule has 2 unspecified atom stereocenters. The van der Waals surface area contributed by atoms with Gasteiger partial charge < -0.3 is 4.90 Å². The van der Waals surface area contributed by atoms with E-state index in [4.69, 9.17) is 11.6 Å². The van der Waals surface area contributed by atoms with E-state index >= 15 is 0 Å². The minimum Gasteiger partial charge on any atom is -0.335 e. The van der Waals surface area contributed by atoms with Gasteiger partial charge >= 0.3 is 0 Å². The lowest BCUT2D eigenvalue weighted by atomic mass is 10.0. The van der Waals surface area contributed by atoms with Gasteiger partial charge in [0.15, 0.2) is 0 Å². The van der Waals surface area contributed by atoms with E-state index in [1.807, 2.05) is 4.90 Å². The lowest BCUT2D eigenvalue weighted by Crippen LogP contribution is -2.37. The van der Waals surface area contributed by atoms with Gasteiger partial charge in [-0.05, 0) is 56.1 Å². The van der Waals surface area contributed by atoms with E-state index in [0.29, 0.717) is 23.2 Å². The average Bonchev–Trinajstić information content (AvgIpc) is 3.38. The zero-order valence-corrected chi connectivity index (χ0v) is 12.7. The van der Waals surface area contributed by atoms with Gasteiger partial charge in [-0.2, -0.15) is 0 Å². The second-order valence-electron chi connectivity index (χ2n) is 6.82. The molecule has 0 heterocycles. The third-order valence-corrected chi connectivity index (χ3v) is 5.61. The number of hydrogen-bond donors (Lipinski definition) is 0. The van der Waals surface area contributed by atoms with Crippen molar-refractivity contribution in [1.82, 2.24) is 4.90 Å². The fourth-order valence-electron chi connectivity index (χ4n) is 3.78. The number of carbonyl (C=O) groups is 1. The topological polar surface area (TPSA) is 20.3 Å². The number of benzene rings is 1. The number of nitrogens with zero attached hydrogens (tertiary/aromatic N) is 1. The normalized spacial score (nSPS) is 30.1. The quantitative estimate of drug-likeness (QED) is 0.823. The molecule has 4 rings (SSSR count). The van der Waals surface area contributed by atoms with Crippen LogP contribution in [0.15, 0.2) is 18.2 Å². The highest BCUT2D eigenvalue weighted by atomic mass is 35.5. The molecule has 3 fully saturated rings. The predicted molar refractivity (Wildman–Crippen MR) is 79.3 cm³/mol. The van der Waals surface area contributed by atoms with Crippen molar-refractivity contribution in [2.75, 3.05) is 0 Å². The molecular formula is C17H19ClFNO. The second-order valence-corrected chi connectivity index (χ2v) is 7.23. The molecule has 1 aromatic carbocycles. The third-order valence-electron chi connectivity index (χ3n) is 5.25. The molecule has 2 atom stereocenters. The summed E-state index contributed by atoms with van der Waals surface area (Å²) in [5.41, 5.74) is 0.461. The molecule has 0 bridgehead atoms. The first-order valence-electron chi connectivity index (χ1n) is 7.87. The fraction of sp³-hybridized carbons (Fsp3) is 0.588. The summed E-state index contributed by atoms with van der Waals surface area (Å²) in [4.78, 5) is 14.7. The van der Waals surface area contributed by atoms with E-state index in [1.165, 1.54) is 12.5 Å². The highest BCUT2D eigenvalue weighted by molar-refractivity contribution is 6.31. The standard InChI is InChI=1S/C17H19ClFNO/c18-15-2-1-3-16(19)14(15)9-20(13-4-5-13)17(21)12-7-10-6-11(10)8-12/h1-3,10-13H,4-9H2. The summed E-state index contributed by atoms with van der Waals surface area (Å²) in [6.45, 7) is 0.320. The van der Waals surface area contributed by atoms with Crippen LogP contribution in [0.1, 0.15) is 37.7 Å². The van der Waals surface area contributed by atoms with Gasteiger partial charge in [0, 0.05) is 22.5 Å². The Morgan fingerprint density at radius 2 is 1.95 bits per heavy atom. The van der Waals surface area contributed by atoms with E-state index in [0.717, 1.165) is 37.5 Å². The molecule has 3 saturated carbocycles. The van der Waals surface area contributed by atoms with Crippen molar-refractivity contribution in [1.29, 1.82) is 0 Å². The largest absolute Gasteiger partial charge is 0.335 e. The van der Waals surface area contributed by atoms with Gasteiger partial charge in [0.2, 0.25) is 5.91 Å². The Hall–Kier alpha value is -1.09. The molecule has 0 aliphatic heterocycles. The monoisotopic (exact) mass is 307 g/mol. The Balaban J connectivity index is 1.53. The highest BCUT2D eigenvalue weighted by Crippen LogP contribution is 2.55. The molecule has 112 valence electrons. The summed E-state index contributed by atoms with van der Waals surface area (Å²) >= 11 is 6.12. The SMILES string of the molecule is O=C(C1CC2CC2C1)N(Cc1c(F)cccc1Cl)C1CC1. The maximum Gasteiger partial charge on any atom is 0.226 e. The van der Waals surface area contributed by atoms with Crippen LogP contribution in [-0.2, 0) is 11.3 Å². The molecule has 0 N–H and O–H groups in total. The van der Waals surface area contributed by atoms with E-state index in [9.17, 15) is 9.18 Å². The van der Waals surface area contributed by atoms with Gasteiger partial charge in [-0.25, -0.2) is 4.39 Å². The first-order valence-corrected chi connectivity index (χ1v) is 8.24. The van der Waals surface area contributed by atoms with Gasteiger partial charge in [-0.1, -0.05) is 17.7 Å². The van der Waals surface area contributed by atoms with Gasteiger partial charge in [-0.15, -0.1) is 0 Å². The molecule has 3 aliphatic carbocycles. The van der Waals surface area contributed by atoms with E-state index in [1.54, 1.807) is 12.1 Å². The van der Waals surface area contributed by atoms with Crippen molar-refractivity contribution in [2.45, 2.75) is 44.7 Å². The number of halogens is 2. The molecule has 2 nitrogen and oxygen atoms in total. The maximum atomic E-state index is 14.0. The highest BCUT2D eigenvalue weighted by Gasteiger charge is 2.50. The van der Waals surface area contributed by atoms with Crippen LogP contribution in [0.2, 0.25) is 5.02 Å². The van der Waals surface area contributed by atoms with Crippen LogP contribution in [0.5, 0.6) is 0 Å². The zero-order valence-electron chi connectivity index (χ0n) is 11.9. The van der Waals surface area contributed by atoms with Crippen molar-refractivity contribution < 1.29 is 9.18 Å². The van der Waals surface area contributed by atoms with Gasteiger partial charge in [0.05, 0.1) is 6.54 Å². The fourth-order valence-corrected chi connectivity index (χ4v) is 4.00. The molecule has 0 aromatic heterocycles. The number of amides is 1. The van der Waals surface area contributed by atoms with Crippen LogP contribution >= 0.6 is 11.6 Å². The van der Waals surface area contributed by atoms with E-state index in [-0.39, 0.29) is 17.6 Å². The summed E-state index contributed by atoms with van der Waals surface area (Å²) in [5.74, 6) is 1.66. The molecule has 21 heavy (non-hydrogen) atoms. The Morgan fingerprint density at radius 3 is 2.57 bits per heavy atom. The molecular weight excluding hydrogens is 289 g/mol. The molecule has 0 spiro atoms. The summed E-state index contributed by atoms with van der Waals surface area (Å²) in [7, 11) is 0. The van der Waals surface area contributed by atoms with E-state index < -0.39 is 0 Å². The van der Waals surface area contributed by atoms with Crippen molar-refractivity contribution in [3.05, 3.63) is 34.6 Å². The van der Waals surface area contributed by atoms with Crippen LogP contribution in [0.3, 0.4) is 0 Å². The predicted octanol–water partition coefficient (Wildman–Crippen LogP) is 4.02. The number of carbonyl (C=O) groups excluding carboxylic acids is 1. The summed E-state index contributed by atoms with van der Waals surface area (Å²) in [6, 6.07) is 5.02. The first-order chi connectivity index (χ1) is 10.1. The molecule has 1 amide bonds. The summed E-state index contributed by atoms with van der Waals surface area (Å²) in [6.07, 6.45) is 5.47. The smallest absolute Gasteiger partial charge is 0.226 e. The lowest BCUT2D eigenvalue weighted by Gasteiger charge is -2.27. The van der Waals surface area contributed by atoms with Crippen molar-refractivity contribution in [3.63, 3.8) is 0 Å². The molecule has 0 radical (unpaired) electrons. The minimum atomic E-state index is -0.310. The Kier molecular flexibility index (Phi) is 3.21. The Bertz CT molecular complexity index is 556. The van der Waals surface area contributed by atoms with Crippen LogP contribution in [0.4, 0.5) is 4.39 Å². The van der Waals surface area contributed by atoms with Crippen LogP contribution in [0.25, 0.3) is 0 Å². The molecule has 1 aromatic rings. The number of fused-ring (bicyclic) bond motifs is 1. The van der Waals surface area contributed by atoms with E-state index in [2.05, 4.69) is 0 Å². The van der Waals surface area contributed by atoms with Gasteiger partial charge in [-0.3, -0.25) is 4.79 Å². The molecule has 0 saturated heterocycles. The van der Waals surface area contributed by atoms with Crippen molar-refractivity contribution in [3.8, 4) is 0 Å². The summed E-state index contributed by atoms with van der Waals surface area (Å²) in [5, 5.41) is 0.419. The lowest BCUT2D eigenvalue weighted by molar-refractivity contribution is -0.137. The van der Waals surface area contributed by atoms with Gasteiger partial charge in [0.25, 0.3) is 0 Å². The first kappa shape index (κ1) is 13.6. The van der Waals surface area contributed by atoms with Crippen molar-refractivity contribution >= 4 is 17.5 Å². The second kappa shape index (κ2) is 4.98.